The number of nitrogens with two attached hydrogens (primary N) is 1. The molecule has 4 rings (SSSR count). The molecule has 0 saturated carbocycles. The number of aromatic nitrogens is 5. The zero-order valence-corrected chi connectivity index (χ0v) is 13.7. The van der Waals surface area contributed by atoms with Crippen LogP contribution in [0, 0.1) is 0 Å². The van der Waals surface area contributed by atoms with Crippen molar-refractivity contribution in [3.05, 3.63) is 36.7 Å². The van der Waals surface area contributed by atoms with Crippen molar-refractivity contribution in [1.82, 2.24) is 25.0 Å². The van der Waals surface area contributed by atoms with Crippen molar-refractivity contribution >= 4 is 27.6 Å². The van der Waals surface area contributed by atoms with E-state index >= 15 is 0 Å². The number of hydrogen-bond acceptors (Lipinski definition) is 6. The van der Waals surface area contributed by atoms with E-state index in [1.54, 1.807) is 18.0 Å². The largest absolute Gasteiger partial charge is 0.394 e. The van der Waals surface area contributed by atoms with E-state index in [0.717, 1.165) is 33.1 Å². The molecule has 0 fully saturated rings. The van der Waals surface area contributed by atoms with Crippen LogP contribution in [0.1, 0.15) is 0 Å². The number of benzene rings is 1. The molecule has 0 aliphatic carbocycles. The molecule has 4 N–H and O–H groups in total. The van der Waals surface area contributed by atoms with Crippen molar-refractivity contribution < 1.29 is 9.84 Å². The first-order valence-electron chi connectivity index (χ1n) is 7.90. The van der Waals surface area contributed by atoms with E-state index in [1.165, 1.54) is 0 Å². The van der Waals surface area contributed by atoms with Crippen LogP contribution in [0.5, 0.6) is 0 Å². The maximum atomic E-state index is 9.30. The molecular weight excluding hydrogens is 320 g/mol. The van der Waals surface area contributed by atoms with Gasteiger partial charge < -0.3 is 15.6 Å². The van der Waals surface area contributed by atoms with Crippen LogP contribution < -0.4 is 5.73 Å². The highest BCUT2D eigenvalue weighted by Crippen LogP contribution is 2.29. The maximum Gasteiger partial charge on any atom is 0.135 e. The number of aliphatic hydroxyl groups excluding tert-OH is 1. The van der Waals surface area contributed by atoms with Crippen molar-refractivity contribution in [1.29, 1.82) is 0 Å². The number of H-pyrrole nitrogens is 1. The summed E-state index contributed by atoms with van der Waals surface area (Å²) in [5.41, 5.74) is 9.48. The minimum atomic E-state index is -0.318. The van der Waals surface area contributed by atoms with Gasteiger partial charge in [-0.1, -0.05) is 6.07 Å². The predicted octanol–water partition coefficient (Wildman–Crippen LogP) is 1.56. The molecule has 3 heterocycles. The number of hydrogen-bond donors (Lipinski definition) is 3. The molecule has 3 aromatic heterocycles. The number of rotatable bonds is 5. The molecule has 0 aliphatic heterocycles. The number of aromatic amines is 1. The van der Waals surface area contributed by atoms with Gasteiger partial charge in [0, 0.05) is 30.5 Å². The summed E-state index contributed by atoms with van der Waals surface area (Å²) in [6.07, 6.45) is 3.29. The van der Waals surface area contributed by atoms with Gasteiger partial charge in [0.15, 0.2) is 0 Å². The second-order valence-electron chi connectivity index (χ2n) is 5.84. The van der Waals surface area contributed by atoms with Gasteiger partial charge in [0.2, 0.25) is 0 Å². The molecule has 0 aliphatic rings. The zero-order valence-electron chi connectivity index (χ0n) is 13.7. The first kappa shape index (κ1) is 15.6. The summed E-state index contributed by atoms with van der Waals surface area (Å²) in [7, 11) is 1.56. The molecule has 4 aromatic rings. The van der Waals surface area contributed by atoms with Crippen LogP contribution in [0.2, 0.25) is 0 Å². The van der Waals surface area contributed by atoms with Crippen LogP contribution in [0.15, 0.2) is 36.7 Å². The lowest BCUT2D eigenvalue weighted by Gasteiger charge is -2.11. The Morgan fingerprint density at radius 3 is 2.92 bits per heavy atom. The molecule has 128 valence electrons. The van der Waals surface area contributed by atoms with Gasteiger partial charge in [0.05, 0.1) is 35.9 Å². The minimum absolute atomic E-state index is 0.0752. The van der Waals surface area contributed by atoms with E-state index in [-0.39, 0.29) is 12.7 Å². The Bertz CT molecular complexity index is 1020. The van der Waals surface area contributed by atoms with Crippen LogP contribution >= 0.6 is 0 Å². The van der Waals surface area contributed by atoms with Gasteiger partial charge in [-0.25, -0.2) is 4.98 Å². The van der Waals surface area contributed by atoms with Crippen LogP contribution in [0.4, 0.5) is 5.82 Å². The summed E-state index contributed by atoms with van der Waals surface area (Å²) >= 11 is 0. The van der Waals surface area contributed by atoms with Crippen molar-refractivity contribution in [3.63, 3.8) is 0 Å². The number of nitrogen functional groups attached to an aromatic ring is 1. The predicted molar refractivity (Wildman–Crippen MR) is 94.9 cm³/mol. The van der Waals surface area contributed by atoms with Crippen molar-refractivity contribution in [2.45, 2.75) is 12.6 Å². The molecule has 0 spiro atoms. The number of anilines is 1. The number of fused-ring (bicyclic) bond motifs is 3. The highest BCUT2D eigenvalue weighted by Gasteiger charge is 2.14. The zero-order chi connectivity index (χ0) is 17.4. The van der Waals surface area contributed by atoms with E-state index in [4.69, 9.17) is 10.5 Å². The monoisotopic (exact) mass is 338 g/mol. The van der Waals surface area contributed by atoms with E-state index in [1.807, 2.05) is 30.5 Å². The SMILES string of the molecule is CO[C@H](CO)Cn1cc2c(N)nc3cc(-c4cc[nH]n4)ccc3c2n1. The van der Waals surface area contributed by atoms with E-state index in [0.29, 0.717) is 12.4 Å². The Morgan fingerprint density at radius 1 is 1.32 bits per heavy atom. The molecule has 0 radical (unpaired) electrons. The number of nitrogens with one attached hydrogen (secondary N) is 1. The molecule has 0 amide bonds. The second kappa shape index (κ2) is 6.15. The second-order valence-corrected chi connectivity index (χ2v) is 5.84. The first-order chi connectivity index (χ1) is 12.2. The molecule has 0 saturated heterocycles. The first-order valence-corrected chi connectivity index (χ1v) is 7.90. The van der Waals surface area contributed by atoms with Gasteiger partial charge in [-0.15, -0.1) is 0 Å². The standard InChI is InChI=1S/C17H18N6O2/c1-25-11(9-24)7-23-8-13-16(22-23)12-3-2-10(14-4-5-19-21-14)6-15(12)20-17(13)18/h2-6,8,11,24H,7,9H2,1H3,(H2,18,20)(H,19,21)/t11-/m0/s1. The topological polar surface area (TPSA) is 115 Å². The Hall–Kier alpha value is -2.97. The Labute approximate surface area is 143 Å². The Morgan fingerprint density at radius 2 is 2.20 bits per heavy atom. The molecule has 8 heteroatoms. The maximum absolute atomic E-state index is 9.30. The molecule has 8 nitrogen and oxygen atoms in total. The fourth-order valence-corrected chi connectivity index (χ4v) is 2.91. The van der Waals surface area contributed by atoms with Gasteiger partial charge in [0.25, 0.3) is 0 Å². The summed E-state index contributed by atoms with van der Waals surface area (Å²) in [6.45, 7) is 0.363. The van der Waals surface area contributed by atoms with Gasteiger partial charge in [-0.05, 0) is 18.2 Å². The van der Waals surface area contributed by atoms with Crippen LogP contribution in [0.3, 0.4) is 0 Å². The molecule has 0 bridgehead atoms. The lowest BCUT2D eigenvalue weighted by atomic mass is 10.1. The van der Waals surface area contributed by atoms with Gasteiger partial charge >= 0.3 is 0 Å². The third-order valence-corrected chi connectivity index (χ3v) is 4.26. The van der Waals surface area contributed by atoms with Gasteiger partial charge in [-0.2, -0.15) is 10.2 Å². The van der Waals surface area contributed by atoms with Crippen molar-refractivity contribution in [2.75, 3.05) is 19.5 Å². The third kappa shape index (κ3) is 2.71. The lowest BCUT2D eigenvalue weighted by molar-refractivity contribution is 0.0350. The van der Waals surface area contributed by atoms with Gasteiger partial charge in [0.1, 0.15) is 11.3 Å². The Kier molecular flexibility index (Phi) is 3.83. The van der Waals surface area contributed by atoms with Crippen LogP contribution in [-0.4, -0.2) is 49.9 Å². The Balaban J connectivity index is 1.84. The molecule has 1 aromatic carbocycles. The van der Waals surface area contributed by atoms with Crippen LogP contribution in [-0.2, 0) is 11.3 Å². The van der Waals surface area contributed by atoms with Crippen molar-refractivity contribution in [2.24, 2.45) is 0 Å². The third-order valence-electron chi connectivity index (χ3n) is 4.26. The van der Waals surface area contributed by atoms with Gasteiger partial charge in [-0.3, -0.25) is 9.78 Å². The molecule has 0 unspecified atom stereocenters. The lowest BCUT2D eigenvalue weighted by Crippen LogP contribution is -2.22. The summed E-state index contributed by atoms with van der Waals surface area (Å²) in [5, 5.41) is 22.6. The summed E-state index contributed by atoms with van der Waals surface area (Å²) in [5.74, 6) is 0.422. The summed E-state index contributed by atoms with van der Waals surface area (Å²) in [4.78, 5) is 4.51. The summed E-state index contributed by atoms with van der Waals surface area (Å²) in [6, 6.07) is 7.81. The summed E-state index contributed by atoms with van der Waals surface area (Å²) < 4.78 is 6.94. The molecule has 25 heavy (non-hydrogen) atoms. The quantitative estimate of drug-likeness (QED) is 0.509. The average Bonchev–Trinajstić information content (AvgIpc) is 3.29. The molecular formula is C17H18N6O2. The number of nitrogens with zero attached hydrogens (tertiary/aromatic N) is 4. The van der Waals surface area contributed by atoms with E-state index < -0.39 is 0 Å². The fraction of sp³-hybridized carbons (Fsp3) is 0.235. The normalized spacial score (nSPS) is 12.9. The molecule has 1 atom stereocenters. The van der Waals surface area contributed by atoms with Crippen LogP contribution in [0.25, 0.3) is 33.1 Å². The fourth-order valence-electron chi connectivity index (χ4n) is 2.91. The van der Waals surface area contributed by atoms with Crippen molar-refractivity contribution in [3.8, 4) is 11.3 Å². The highest BCUT2D eigenvalue weighted by atomic mass is 16.5. The number of ether oxygens (including phenoxy) is 1. The smallest absolute Gasteiger partial charge is 0.135 e. The van der Waals surface area contributed by atoms with E-state index in [2.05, 4.69) is 20.3 Å². The number of pyridine rings is 1. The highest BCUT2D eigenvalue weighted by molar-refractivity contribution is 6.08. The number of methoxy groups -OCH3 is 1. The average molecular weight is 338 g/mol. The minimum Gasteiger partial charge on any atom is -0.394 e. The van der Waals surface area contributed by atoms with E-state index in [9.17, 15) is 5.11 Å². The number of aliphatic hydroxyl groups is 1.